The molecular formula is C14H21IN4O. The van der Waals surface area contributed by atoms with Crippen LogP contribution in [0.15, 0.2) is 29.4 Å². The minimum absolute atomic E-state index is 0.000420. The molecular weight excluding hydrogens is 367 g/mol. The standard InChI is InChI=1S/C14H21IN4O/c1-11(14(16)17-20)19-8-6-18(7-9-19)10-12-2-4-13(15)5-3-12/h2-5,11,20H,6-10H2,1H3,(H2,16,17). The lowest BCUT2D eigenvalue weighted by Gasteiger charge is -2.37. The van der Waals surface area contributed by atoms with Gasteiger partial charge in [0.15, 0.2) is 5.84 Å². The summed E-state index contributed by atoms with van der Waals surface area (Å²) in [6.45, 7) is 6.88. The second kappa shape index (κ2) is 7.24. The van der Waals surface area contributed by atoms with Gasteiger partial charge in [-0.15, -0.1) is 0 Å². The lowest BCUT2D eigenvalue weighted by molar-refractivity contribution is 0.116. The molecule has 5 nitrogen and oxygen atoms in total. The number of piperazine rings is 1. The van der Waals surface area contributed by atoms with Crippen LogP contribution in [0.3, 0.4) is 0 Å². The number of benzene rings is 1. The van der Waals surface area contributed by atoms with E-state index in [4.69, 9.17) is 10.9 Å². The summed E-state index contributed by atoms with van der Waals surface area (Å²) in [7, 11) is 0. The molecule has 110 valence electrons. The first-order chi connectivity index (χ1) is 9.60. The molecule has 6 heteroatoms. The van der Waals surface area contributed by atoms with Crippen LogP contribution in [0.2, 0.25) is 0 Å². The van der Waals surface area contributed by atoms with Crippen LogP contribution in [0.5, 0.6) is 0 Å². The van der Waals surface area contributed by atoms with Crippen LogP contribution in [0.1, 0.15) is 12.5 Å². The highest BCUT2D eigenvalue weighted by atomic mass is 127. The first-order valence-corrected chi connectivity index (χ1v) is 7.86. The second-order valence-corrected chi connectivity index (χ2v) is 6.39. The van der Waals surface area contributed by atoms with Crippen molar-refractivity contribution in [2.75, 3.05) is 26.2 Å². The summed E-state index contributed by atoms with van der Waals surface area (Å²) >= 11 is 2.32. The molecule has 1 aliphatic heterocycles. The fourth-order valence-electron chi connectivity index (χ4n) is 2.43. The van der Waals surface area contributed by atoms with Crippen LogP contribution < -0.4 is 5.73 Å². The quantitative estimate of drug-likeness (QED) is 0.270. The van der Waals surface area contributed by atoms with Crippen LogP contribution >= 0.6 is 22.6 Å². The van der Waals surface area contributed by atoms with Gasteiger partial charge in [0.1, 0.15) is 0 Å². The summed E-state index contributed by atoms with van der Waals surface area (Å²) in [5.41, 5.74) is 7.01. The Morgan fingerprint density at radius 1 is 1.30 bits per heavy atom. The van der Waals surface area contributed by atoms with E-state index in [1.54, 1.807) is 0 Å². The van der Waals surface area contributed by atoms with E-state index in [9.17, 15) is 0 Å². The highest BCUT2D eigenvalue weighted by Crippen LogP contribution is 2.12. The maximum Gasteiger partial charge on any atom is 0.156 e. The number of oxime groups is 1. The number of amidine groups is 1. The third-order valence-corrected chi connectivity index (χ3v) is 4.54. The van der Waals surface area contributed by atoms with Gasteiger partial charge in [-0.05, 0) is 47.2 Å². The molecule has 1 atom stereocenters. The van der Waals surface area contributed by atoms with Crippen molar-refractivity contribution in [3.8, 4) is 0 Å². The summed E-state index contributed by atoms with van der Waals surface area (Å²) in [6.07, 6.45) is 0. The average molecular weight is 388 g/mol. The van der Waals surface area contributed by atoms with E-state index in [0.717, 1.165) is 32.7 Å². The molecule has 1 aliphatic rings. The summed E-state index contributed by atoms with van der Waals surface area (Å²) in [5.74, 6) is 0.288. The van der Waals surface area contributed by atoms with Crippen molar-refractivity contribution in [3.05, 3.63) is 33.4 Å². The van der Waals surface area contributed by atoms with Gasteiger partial charge in [-0.3, -0.25) is 9.80 Å². The lowest BCUT2D eigenvalue weighted by atomic mass is 10.1. The molecule has 0 saturated carbocycles. The van der Waals surface area contributed by atoms with Gasteiger partial charge in [0, 0.05) is 36.3 Å². The number of halogens is 1. The zero-order valence-corrected chi connectivity index (χ0v) is 13.8. The van der Waals surface area contributed by atoms with Crippen LogP contribution in [0.4, 0.5) is 0 Å². The highest BCUT2D eigenvalue weighted by molar-refractivity contribution is 14.1. The van der Waals surface area contributed by atoms with Crippen molar-refractivity contribution < 1.29 is 5.21 Å². The summed E-state index contributed by atoms with van der Waals surface area (Å²) < 4.78 is 1.27. The van der Waals surface area contributed by atoms with Gasteiger partial charge >= 0.3 is 0 Å². The molecule has 1 aromatic rings. The van der Waals surface area contributed by atoms with Crippen molar-refractivity contribution >= 4 is 28.4 Å². The third-order valence-electron chi connectivity index (χ3n) is 3.82. The molecule has 0 aromatic heterocycles. The number of hydrogen-bond donors (Lipinski definition) is 2. The van der Waals surface area contributed by atoms with Gasteiger partial charge in [-0.2, -0.15) is 0 Å². The normalized spacial score (nSPS) is 20.0. The third kappa shape index (κ3) is 4.07. The average Bonchev–Trinajstić information content (AvgIpc) is 2.49. The molecule has 1 unspecified atom stereocenters. The molecule has 1 heterocycles. The molecule has 0 spiro atoms. The largest absolute Gasteiger partial charge is 0.409 e. The summed E-state index contributed by atoms with van der Waals surface area (Å²) in [4.78, 5) is 4.69. The maximum absolute atomic E-state index is 8.73. The zero-order valence-electron chi connectivity index (χ0n) is 11.7. The fourth-order valence-corrected chi connectivity index (χ4v) is 2.79. The van der Waals surface area contributed by atoms with Crippen LogP contribution in [0.25, 0.3) is 0 Å². The lowest BCUT2D eigenvalue weighted by Crippen LogP contribution is -2.52. The van der Waals surface area contributed by atoms with Gasteiger partial charge in [-0.25, -0.2) is 0 Å². The molecule has 0 radical (unpaired) electrons. The van der Waals surface area contributed by atoms with Crippen LogP contribution in [-0.2, 0) is 6.54 Å². The van der Waals surface area contributed by atoms with Crippen molar-refractivity contribution in [1.82, 2.24) is 9.80 Å². The Hall–Kier alpha value is -0.860. The Bertz CT molecular complexity index is 455. The second-order valence-electron chi connectivity index (χ2n) is 5.14. The summed E-state index contributed by atoms with van der Waals surface area (Å²) in [6, 6.07) is 8.67. The van der Waals surface area contributed by atoms with E-state index in [2.05, 4.69) is 61.8 Å². The molecule has 2 rings (SSSR count). The van der Waals surface area contributed by atoms with Crippen LogP contribution in [0, 0.1) is 3.57 Å². The van der Waals surface area contributed by atoms with Gasteiger partial charge < -0.3 is 10.9 Å². The van der Waals surface area contributed by atoms with E-state index in [-0.39, 0.29) is 11.9 Å². The van der Waals surface area contributed by atoms with E-state index in [0.29, 0.717) is 0 Å². The van der Waals surface area contributed by atoms with Gasteiger partial charge in [0.25, 0.3) is 0 Å². The van der Waals surface area contributed by atoms with Crippen molar-refractivity contribution in [2.45, 2.75) is 19.5 Å². The Labute approximate surface area is 133 Å². The number of hydrogen-bond acceptors (Lipinski definition) is 4. The van der Waals surface area contributed by atoms with E-state index >= 15 is 0 Å². The van der Waals surface area contributed by atoms with Crippen molar-refractivity contribution in [2.24, 2.45) is 10.9 Å². The minimum Gasteiger partial charge on any atom is -0.409 e. The fraction of sp³-hybridized carbons (Fsp3) is 0.500. The van der Waals surface area contributed by atoms with Gasteiger partial charge in [-0.1, -0.05) is 17.3 Å². The molecule has 1 saturated heterocycles. The van der Waals surface area contributed by atoms with Crippen LogP contribution in [-0.4, -0.2) is 53.1 Å². The summed E-state index contributed by atoms with van der Waals surface area (Å²) in [5, 5.41) is 11.8. The topological polar surface area (TPSA) is 65.1 Å². The molecule has 0 amide bonds. The Morgan fingerprint density at radius 2 is 1.90 bits per heavy atom. The molecule has 0 bridgehead atoms. The van der Waals surface area contributed by atoms with E-state index in [1.165, 1.54) is 9.13 Å². The predicted molar refractivity (Wildman–Crippen MR) is 88.9 cm³/mol. The maximum atomic E-state index is 8.73. The molecule has 0 aliphatic carbocycles. The first-order valence-electron chi connectivity index (χ1n) is 6.78. The monoisotopic (exact) mass is 388 g/mol. The predicted octanol–water partition coefficient (Wildman–Crippen LogP) is 1.54. The molecule has 1 aromatic carbocycles. The number of nitrogens with zero attached hydrogens (tertiary/aromatic N) is 3. The number of rotatable bonds is 4. The Balaban J connectivity index is 1.84. The van der Waals surface area contributed by atoms with Gasteiger partial charge in [0.05, 0.1) is 6.04 Å². The smallest absolute Gasteiger partial charge is 0.156 e. The Kier molecular flexibility index (Phi) is 5.62. The van der Waals surface area contributed by atoms with Gasteiger partial charge in [0.2, 0.25) is 0 Å². The Morgan fingerprint density at radius 3 is 2.45 bits per heavy atom. The van der Waals surface area contributed by atoms with Crippen molar-refractivity contribution in [1.29, 1.82) is 0 Å². The minimum atomic E-state index is 0.000420. The molecule has 1 fully saturated rings. The molecule has 3 N–H and O–H groups in total. The highest BCUT2D eigenvalue weighted by Gasteiger charge is 2.23. The van der Waals surface area contributed by atoms with E-state index in [1.807, 2.05) is 6.92 Å². The first kappa shape index (κ1) is 15.5. The molecule has 20 heavy (non-hydrogen) atoms. The zero-order chi connectivity index (χ0) is 14.5. The SMILES string of the molecule is CC(C(N)=NO)N1CCN(Cc2ccc(I)cc2)CC1. The number of nitrogens with two attached hydrogens (primary N) is 1. The van der Waals surface area contributed by atoms with E-state index < -0.39 is 0 Å². The van der Waals surface area contributed by atoms with Crippen molar-refractivity contribution in [3.63, 3.8) is 0 Å².